The van der Waals surface area contributed by atoms with Gasteiger partial charge in [0.15, 0.2) is 0 Å². The van der Waals surface area contributed by atoms with E-state index in [9.17, 15) is 10.0 Å². The lowest BCUT2D eigenvalue weighted by atomic mass is 9.77. The third-order valence-corrected chi connectivity index (χ3v) is 3.44. The summed E-state index contributed by atoms with van der Waals surface area (Å²) in [6.45, 7) is 0. The molecule has 0 aliphatic carbocycles. The van der Waals surface area contributed by atoms with Crippen molar-refractivity contribution in [2.24, 2.45) is 0 Å². The van der Waals surface area contributed by atoms with Gasteiger partial charge in [0.05, 0.1) is 0 Å². The van der Waals surface area contributed by atoms with Crippen LogP contribution in [0.15, 0.2) is 53.7 Å². The van der Waals surface area contributed by atoms with Crippen LogP contribution in [-0.4, -0.2) is 22.2 Å². The van der Waals surface area contributed by atoms with Crippen LogP contribution >= 0.6 is 11.8 Å². The molecule has 2 rings (SSSR count). The molecule has 0 amide bonds. The third kappa shape index (κ3) is 3.33. The maximum atomic E-state index is 9.24. The maximum Gasteiger partial charge on any atom is 0.488 e. The lowest BCUT2D eigenvalue weighted by Gasteiger charge is -2.08. The molecule has 1 aromatic heterocycles. The minimum Gasteiger partial charge on any atom is -0.423 e. The second kappa shape index (κ2) is 5.86. The largest absolute Gasteiger partial charge is 0.488 e. The summed E-state index contributed by atoms with van der Waals surface area (Å²) in [7, 11) is -1.41. The van der Waals surface area contributed by atoms with Gasteiger partial charge in [-0.3, -0.25) is 4.98 Å². The molecular weight excluding hydrogens is 233 g/mol. The Labute approximate surface area is 105 Å². The summed E-state index contributed by atoms with van der Waals surface area (Å²) in [6.07, 6.45) is 3.49. The standard InChI is InChI=1S/C12H12BNO2S/c15-13(16)12-4-2-1-3-10(12)9-17-11-5-7-14-8-6-11/h1-8,15-16H,9H2. The number of thioether (sulfide) groups is 1. The van der Waals surface area contributed by atoms with E-state index in [2.05, 4.69) is 4.98 Å². The summed E-state index contributed by atoms with van der Waals surface area (Å²) < 4.78 is 0. The molecule has 5 heteroatoms. The molecule has 2 N–H and O–H groups in total. The Hall–Kier alpha value is -1.30. The summed E-state index contributed by atoms with van der Waals surface area (Å²) in [5.41, 5.74) is 1.50. The van der Waals surface area contributed by atoms with Gasteiger partial charge in [-0.1, -0.05) is 24.3 Å². The number of hydrogen-bond acceptors (Lipinski definition) is 4. The number of aromatic nitrogens is 1. The van der Waals surface area contributed by atoms with Crippen LogP contribution in [-0.2, 0) is 5.75 Å². The summed E-state index contributed by atoms with van der Waals surface area (Å²) in [4.78, 5) is 5.07. The van der Waals surface area contributed by atoms with Crippen LogP contribution in [0, 0.1) is 0 Å². The summed E-state index contributed by atoms with van der Waals surface area (Å²) in [5, 5.41) is 18.5. The fourth-order valence-corrected chi connectivity index (χ4v) is 2.41. The van der Waals surface area contributed by atoms with Crippen LogP contribution < -0.4 is 5.46 Å². The summed E-state index contributed by atoms with van der Waals surface area (Å²) >= 11 is 1.64. The minimum atomic E-state index is -1.41. The Balaban J connectivity index is 2.09. The first-order valence-corrected chi connectivity index (χ1v) is 6.22. The third-order valence-electron chi connectivity index (χ3n) is 2.38. The average Bonchev–Trinajstić information content (AvgIpc) is 2.38. The van der Waals surface area contributed by atoms with Crippen molar-refractivity contribution >= 4 is 24.3 Å². The fraction of sp³-hybridized carbons (Fsp3) is 0.0833. The van der Waals surface area contributed by atoms with Crippen molar-refractivity contribution in [1.82, 2.24) is 4.98 Å². The molecule has 1 aromatic carbocycles. The molecule has 0 unspecified atom stereocenters. The molecule has 2 aromatic rings. The molecule has 3 nitrogen and oxygen atoms in total. The van der Waals surface area contributed by atoms with E-state index < -0.39 is 7.12 Å². The lowest BCUT2D eigenvalue weighted by molar-refractivity contribution is 0.425. The summed E-state index contributed by atoms with van der Waals surface area (Å²) in [6, 6.07) is 11.2. The topological polar surface area (TPSA) is 53.4 Å². The monoisotopic (exact) mass is 245 g/mol. The van der Waals surface area contributed by atoms with Crippen LogP contribution in [0.1, 0.15) is 5.56 Å². The molecule has 0 fully saturated rings. The first-order valence-electron chi connectivity index (χ1n) is 5.24. The molecule has 0 spiro atoms. The van der Waals surface area contributed by atoms with Gasteiger partial charge in [0.2, 0.25) is 0 Å². The van der Waals surface area contributed by atoms with Crippen molar-refractivity contribution in [3.05, 3.63) is 54.4 Å². The Morgan fingerprint density at radius 3 is 2.47 bits per heavy atom. The van der Waals surface area contributed by atoms with Crippen molar-refractivity contribution in [2.45, 2.75) is 10.6 Å². The van der Waals surface area contributed by atoms with E-state index >= 15 is 0 Å². The predicted octanol–water partition coefficient (Wildman–Crippen LogP) is 1.05. The van der Waals surface area contributed by atoms with Crippen LogP contribution in [0.25, 0.3) is 0 Å². The molecule has 0 saturated heterocycles. The highest BCUT2D eigenvalue weighted by Crippen LogP contribution is 2.20. The predicted molar refractivity (Wildman–Crippen MR) is 70.1 cm³/mol. The molecule has 1 heterocycles. The summed E-state index contributed by atoms with van der Waals surface area (Å²) in [5.74, 6) is 0.706. The molecule has 0 bridgehead atoms. The quantitative estimate of drug-likeness (QED) is 0.624. The Morgan fingerprint density at radius 2 is 1.76 bits per heavy atom. The van der Waals surface area contributed by atoms with Gasteiger partial charge in [-0.15, -0.1) is 11.8 Å². The number of benzene rings is 1. The van der Waals surface area contributed by atoms with Gasteiger partial charge >= 0.3 is 7.12 Å². The first kappa shape index (κ1) is 12.2. The van der Waals surface area contributed by atoms with Crippen LogP contribution in [0.3, 0.4) is 0 Å². The lowest BCUT2D eigenvalue weighted by Crippen LogP contribution is -2.32. The molecule has 0 aliphatic rings. The first-order chi connectivity index (χ1) is 8.27. The number of pyridine rings is 1. The smallest absolute Gasteiger partial charge is 0.423 e. The number of hydrogen-bond donors (Lipinski definition) is 2. The van der Waals surface area contributed by atoms with E-state index in [0.717, 1.165) is 10.5 Å². The van der Waals surface area contributed by atoms with Crippen molar-refractivity contribution < 1.29 is 10.0 Å². The van der Waals surface area contributed by atoms with E-state index in [1.807, 2.05) is 24.3 Å². The Morgan fingerprint density at radius 1 is 1.06 bits per heavy atom. The zero-order chi connectivity index (χ0) is 12.1. The van der Waals surface area contributed by atoms with Gasteiger partial charge in [-0.25, -0.2) is 0 Å². The molecular formula is C12H12BNO2S. The van der Waals surface area contributed by atoms with Crippen molar-refractivity contribution in [3.8, 4) is 0 Å². The molecule has 0 atom stereocenters. The van der Waals surface area contributed by atoms with Crippen LogP contribution in [0.2, 0.25) is 0 Å². The molecule has 17 heavy (non-hydrogen) atoms. The van der Waals surface area contributed by atoms with Crippen molar-refractivity contribution in [1.29, 1.82) is 0 Å². The molecule has 0 radical (unpaired) electrons. The van der Waals surface area contributed by atoms with Crippen molar-refractivity contribution in [2.75, 3.05) is 0 Å². The number of rotatable bonds is 4. The Bertz CT molecular complexity index is 479. The van der Waals surface area contributed by atoms with E-state index in [0.29, 0.717) is 11.2 Å². The van der Waals surface area contributed by atoms with Gasteiger partial charge in [0.1, 0.15) is 0 Å². The zero-order valence-corrected chi connectivity index (χ0v) is 9.97. The highest BCUT2D eigenvalue weighted by atomic mass is 32.2. The minimum absolute atomic E-state index is 0.564. The van der Waals surface area contributed by atoms with Gasteiger partial charge in [-0.05, 0) is 23.2 Å². The maximum absolute atomic E-state index is 9.24. The van der Waals surface area contributed by atoms with Crippen molar-refractivity contribution in [3.63, 3.8) is 0 Å². The van der Waals surface area contributed by atoms with Gasteiger partial charge in [0, 0.05) is 23.0 Å². The fourth-order valence-electron chi connectivity index (χ4n) is 1.51. The molecule has 0 saturated carbocycles. The number of nitrogens with zero attached hydrogens (tertiary/aromatic N) is 1. The highest BCUT2D eigenvalue weighted by molar-refractivity contribution is 7.98. The highest BCUT2D eigenvalue weighted by Gasteiger charge is 2.14. The zero-order valence-electron chi connectivity index (χ0n) is 9.15. The van der Waals surface area contributed by atoms with E-state index in [4.69, 9.17) is 0 Å². The Kier molecular flexibility index (Phi) is 4.20. The van der Waals surface area contributed by atoms with Gasteiger partial charge in [-0.2, -0.15) is 0 Å². The second-order valence-electron chi connectivity index (χ2n) is 3.54. The second-order valence-corrected chi connectivity index (χ2v) is 4.59. The van der Waals surface area contributed by atoms with Crippen LogP contribution in [0.4, 0.5) is 0 Å². The van der Waals surface area contributed by atoms with E-state index in [1.165, 1.54) is 0 Å². The normalized spacial score (nSPS) is 10.2. The van der Waals surface area contributed by atoms with Gasteiger partial charge < -0.3 is 10.0 Å². The van der Waals surface area contributed by atoms with E-state index in [1.54, 1.807) is 36.3 Å². The SMILES string of the molecule is OB(O)c1ccccc1CSc1ccncc1. The average molecular weight is 245 g/mol. The van der Waals surface area contributed by atoms with E-state index in [-0.39, 0.29) is 0 Å². The molecule has 0 aliphatic heterocycles. The molecule has 86 valence electrons. The van der Waals surface area contributed by atoms with Gasteiger partial charge in [0.25, 0.3) is 0 Å². The van der Waals surface area contributed by atoms with Crippen LogP contribution in [0.5, 0.6) is 0 Å².